The minimum atomic E-state index is -0.328. The quantitative estimate of drug-likeness (QED) is 0.465. The van der Waals surface area contributed by atoms with Gasteiger partial charge in [-0.15, -0.1) is 0 Å². The van der Waals surface area contributed by atoms with Gasteiger partial charge in [0.25, 0.3) is 0 Å². The number of benzene rings is 1. The molecule has 0 saturated carbocycles. The van der Waals surface area contributed by atoms with Gasteiger partial charge in [-0.2, -0.15) is 10.1 Å². The van der Waals surface area contributed by atoms with E-state index in [1.54, 1.807) is 12.1 Å². The van der Waals surface area contributed by atoms with Crippen LogP contribution in [0.15, 0.2) is 40.3 Å². The van der Waals surface area contributed by atoms with Gasteiger partial charge in [0.15, 0.2) is 5.16 Å². The molecule has 0 aliphatic heterocycles. The zero-order valence-corrected chi connectivity index (χ0v) is 13.9. The molecule has 0 saturated heterocycles. The molecular weight excluding hydrogens is 347 g/mol. The second kappa shape index (κ2) is 8.38. The van der Waals surface area contributed by atoms with Crippen molar-refractivity contribution in [3.8, 4) is 11.4 Å². The van der Waals surface area contributed by atoms with E-state index in [4.69, 9.17) is 4.52 Å². The third-order valence-electron chi connectivity index (χ3n) is 3.19. The first kappa shape index (κ1) is 17.1. The van der Waals surface area contributed by atoms with Gasteiger partial charge in [0.1, 0.15) is 12.1 Å². The molecule has 10 heteroatoms. The summed E-state index contributed by atoms with van der Waals surface area (Å²) in [5.74, 6) is 1.01. The Kier molecular flexibility index (Phi) is 5.73. The number of halogens is 1. The summed E-state index contributed by atoms with van der Waals surface area (Å²) in [5, 5.41) is 13.8. The monoisotopic (exact) mass is 362 g/mol. The molecule has 3 rings (SSSR count). The molecule has 8 nitrogen and oxygen atoms in total. The van der Waals surface area contributed by atoms with Crippen LogP contribution in [0.4, 0.5) is 4.39 Å². The predicted octanol–water partition coefficient (Wildman–Crippen LogP) is 1.83. The van der Waals surface area contributed by atoms with E-state index in [0.717, 1.165) is 0 Å². The molecule has 25 heavy (non-hydrogen) atoms. The fourth-order valence-electron chi connectivity index (χ4n) is 1.98. The maximum absolute atomic E-state index is 12.9. The van der Waals surface area contributed by atoms with Crippen molar-refractivity contribution in [1.82, 2.24) is 30.6 Å². The van der Waals surface area contributed by atoms with E-state index in [2.05, 4.69) is 30.6 Å². The number of carbonyl (C=O) groups excluding carboxylic acids is 1. The normalized spacial score (nSPS) is 10.8. The minimum absolute atomic E-state index is 0.0975. The van der Waals surface area contributed by atoms with E-state index in [9.17, 15) is 9.18 Å². The van der Waals surface area contributed by atoms with Crippen LogP contribution in [0.3, 0.4) is 0 Å². The van der Waals surface area contributed by atoms with Crippen LogP contribution >= 0.6 is 11.8 Å². The number of thioether (sulfide) groups is 1. The second-order valence-electron chi connectivity index (χ2n) is 5.01. The van der Waals surface area contributed by atoms with Gasteiger partial charge in [-0.05, 0) is 24.3 Å². The third kappa shape index (κ3) is 5.11. The average Bonchev–Trinajstić information content (AvgIpc) is 3.29. The number of nitrogens with one attached hydrogen (secondary N) is 2. The van der Waals surface area contributed by atoms with Gasteiger partial charge in [0.05, 0.1) is 0 Å². The van der Waals surface area contributed by atoms with Crippen molar-refractivity contribution in [3.63, 3.8) is 0 Å². The van der Waals surface area contributed by atoms with E-state index in [-0.39, 0.29) is 18.1 Å². The number of aromatic amines is 1. The minimum Gasteiger partial charge on any atom is -0.355 e. The van der Waals surface area contributed by atoms with Crippen LogP contribution in [-0.2, 0) is 11.2 Å². The zero-order valence-electron chi connectivity index (χ0n) is 13.1. The van der Waals surface area contributed by atoms with Gasteiger partial charge < -0.3 is 9.84 Å². The largest absolute Gasteiger partial charge is 0.355 e. The number of hydrogen-bond donors (Lipinski definition) is 2. The van der Waals surface area contributed by atoms with Crippen LogP contribution in [-0.4, -0.2) is 43.5 Å². The summed E-state index contributed by atoms with van der Waals surface area (Å²) >= 11 is 1.47. The Morgan fingerprint density at radius 3 is 2.92 bits per heavy atom. The maximum Gasteiger partial charge on any atom is 0.227 e. The van der Waals surface area contributed by atoms with E-state index in [1.807, 2.05) is 0 Å². The first-order chi connectivity index (χ1) is 12.2. The molecule has 0 aliphatic carbocycles. The molecule has 0 radical (unpaired) electrons. The predicted molar refractivity (Wildman–Crippen MR) is 88.1 cm³/mol. The SMILES string of the molecule is O=C(CCc1nc(-c2ccc(F)cc2)no1)NCCSc1ncn[nH]1. The number of H-pyrrole nitrogens is 1. The molecule has 2 aromatic heterocycles. The van der Waals surface area contributed by atoms with Crippen LogP contribution in [0.1, 0.15) is 12.3 Å². The lowest BCUT2D eigenvalue weighted by molar-refractivity contribution is -0.121. The molecule has 2 heterocycles. The molecule has 0 aliphatic rings. The highest BCUT2D eigenvalue weighted by Gasteiger charge is 2.10. The number of nitrogens with zero attached hydrogens (tertiary/aromatic N) is 4. The van der Waals surface area contributed by atoms with Gasteiger partial charge in [0.2, 0.25) is 17.6 Å². The first-order valence-corrected chi connectivity index (χ1v) is 8.52. The topological polar surface area (TPSA) is 110 Å². The van der Waals surface area contributed by atoms with Gasteiger partial charge in [-0.1, -0.05) is 16.9 Å². The van der Waals surface area contributed by atoms with Gasteiger partial charge in [0, 0.05) is 30.7 Å². The highest BCUT2D eigenvalue weighted by molar-refractivity contribution is 7.99. The summed E-state index contributed by atoms with van der Waals surface area (Å²) in [4.78, 5) is 20.0. The summed E-state index contributed by atoms with van der Waals surface area (Å²) in [6.07, 6.45) is 2.03. The molecule has 0 bridgehead atoms. The molecule has 0 spiro atoms. The molecule has 0 unspecified atom stereocenters. The average molecular weight is 362 g/mol. The zero-order chi connectivity index (χ0) is 17.5. The van der Waals surface area contributed by atoms with Crippen molar-refractivity contribution in [2.24, 2.45) is 0 Å². The van der Waals surface area contributed by atoms with Crippen molar-refractivity contribution < 1.29 is 13.7 Å². The lowest BCUT2D eigenvalue weighted by Crippen LogP contribution is -2.25. The maximum atomic E-state index is 12.9. The third-order valence-corrected chi connectivity index (χ3v) is 4.07. The molecule has 130 valence electrons. The fraction of sp³-hybridized carbons (Fsp3) is 0.267. The van der Waals surface area contributed by atoms with Crippen molar-refractivity contribution in [1.29, 1.82) is 0 Å². The van der Waals surface area contributed by atoms with Crippen molar-refractivity contribution in [2.75, 3.05) is 12.3 Å². The molecule has 2 N–H and O–H groups in total. The Balaban J connectivity index is 1.39. The summed E-state index contributed by atoms with van der Waals surface area (Å²) < 4.78 is 18.0. The smallest absolute Gasteiger partial charge is 0.227 e. The standard InChI is InChI=1S/C15H15FN6O2S/c16-11-3-1-10(2-4-11)14-20-13(24-22-14)6-5-12(23)17-7-8-25-15-18-9-19-21-15/h1-4,9H,5-8H2,(H,17,23)(H,18,19,21). The number of aryl methyl sites for hydroxylation is 1. The van der Waals surface area contributed by atoms with E-state index in [0.29, 0.717) is 41.2 Å². The number of aromatic nitrogens is 5. The summed E-state index contributed by atoms with van der Waals surface area (Å²) in [6.45, 7) is 0.523. The number of carbonyl (C=O) groups is 1. The van der Waals surface area contributed by atoms with Crippen LogP contribution in [0, 0.1) is 5.82 Å². The molecule has 1 aromatic carbocycles. The Morgan fingerprint density at radius 2 is 2.16 bits per heavy atom. The summed E-state index contributed by atoms with van der Waals surface area (Å²) in [6, 6.07) is 5.80. The Labute approximate surface area is 146 Å². The Morgan fingerprint density at radius 1 is 1.32 bits per heavy atom. The van der Waals surface area contributed by atoms with Crippen molar-refractivity contribution in [2.45, 2.75) is 18.0 Å². The Hall–Kier alpha value is -2.75. The molecule has 1 amide bonds. The molecule has 0 fully saturated rings. The van der Waals surface area contributed by atoms with Crippen LogP contribution in [0.5, 0.6) is 0 Å². The van der Waals surface area contributed by atoms with Gasteiger partial charge in [-0.3, -0.25) is 9.89 Å². The molecular formula is C15H15FN6O2S. The molecule has 0 atom stereocenters. The number of amides is 1. The van der Waals surface area contributed by atoms with Crippen molar-refractivity contribution in [3.05, 3.63) is 42.3 Å². The first-order valence-electron chi connectivity index (χ1n) is 7.54. The van der Waals surface area contributed by atoms with Crippen LogP contribution in [0.25, 0.3) is 11.4 Å². The number of rotatable bonds is 8. The summed E-state index contributed by atoms with van der Waals surface area (Å²) in [5.41, 5.74) is 0.658. The Bertz CT molecular complexity index is 806. The molecule has 3 aromatic rings. The second-order valence-corrected chi connectivity index (χ2v) is 6.09. The lowest BCUT2D eigenvalue weighted by Gasteiger charge is -2.02. The van der Waals surface area contributed by atoms with E-state index in [1.165, 1.54) is 30.2 Å². The van der Waals surface area contributed by atoms with E-state index < -0.39 is 0 Å². The lowest BCUT2D eigenvalue weighted by atomic mass is 10.2. The number of hydrogen-bond acceptors (Lipinski definition) is 7. The van der Waals surface area contributed by atoms with Crippen molar-refractivity contribution >= 4 is 17.7 Å². The highest BCUT2D eigenvalue weighted by atomic mass is 32.2. The van der Waals surface area contributed by atoms with Crippen LogP contribution in [0.2, 0.25) is 0 Å². The van der Waals surface area contributed by atoms with Gasteiger partial charge >= 0.3 is 0 Å². The van der Waals surface area contributed by atoms with Crippen LogP contribution < -0.4 is 5.32 Å². The van der Waals surface area contributed by atoms with E-state index >= 15 is 0 Å². The summed E-state index contributed by atoms with van der Waals surface area (Å²) in [7, 11) is 0. The highest BCUT2D eigenvalue weighted by Crippen LogP contribution is 2.16. The van der Waals surface area contributed by atoms with Gasteiger partial charge in [-0.25, -0.2) is 9.37 Å². The fourth-order valence-corrected chi connectivity index (χ4v) is 2.62.